The molecule has 0 spiro atoms. The van der Waals surface area contributed by atoms with Gasteiger partial charge < -0.3 is 5.11 Å². The van der Waals surface area contributed by atoms with Gasteiger partial charge in [-0.25, -0.2) is 13.1 Å². The van der Waals surface area contributed by atoms with Crippen LogP contribution in [-0.4, -0.2) is 25.7 Å². The molecule has 1 aliphatic carbocycles. The van der Waals surface area contributed by atoms with Gasteiger partial charge >= 0.3 is 0 Å². The van der Waals surface area contributed by atoms with E-state index in [9.17, 15) is 13.5 Å². The average Bonchev–Trinajstić information content (AvgIpc) is 2.36. The summed E-state index contributed by atoms with van der Waals surface area (Å²) >= 11 is 6.55. The van der Waals surface area contributed by atoms with Crippen molar-refractivity contribution in [2.75, 3.05) is 6.54 Å². The second-order valence-corrected chi connectivity index (χ2v) is 9.33. The smallest absolute Gasteiger partial charge is 0.241 e. The Bertz CT molecular complexity index is 621. The van der Waals surface area contributed by atoms with Gasteiger partial charge in [-0.3, -0.25) is 0 Å². The van der Waals surface area contributed by atoms with Gasteiger partial charge in [-0.05, 0) is 52.9 Å². The first kappa shape index (κ1) is 17.4. The lowest BCUT2D eigenvalue weighted by molar-refractivity contribution is -0.00751. The first-order valence-corrected chi connectivity index (χ1v) is 9.96. The molecule has 2 N–H and O–H groups in total. The third-order valence-corrected chi connectivity index (χ3v) is 6.71. The van der Waals surface area contributed by atoms with Gasteiger partial charge in [0.05, 0.1) is 10.5 Å². The van der Waals surface area contributed by atoms with Crippen LogP contribution in [0.5, 0.6) is 0 Å². The Labute approximate surface area is 142 Å². The highest BCUT2D eigenvalue weighted by Crippen LogP contribution is 2.32. The molecule has 0 amide bonds. The van der Waals surface area contributed by atoms with Gasteiger partial charge in [0.2, 0.25) is 10.0 Å². The van der Waals surface area contributed by atoms with Gasteiger partial charge in [-0.15, -0.1) is 0 Å². The topological polar surface area (TPSA) is 66.4 Å². The van der Waals surface area contributed by atoms with Crippen LogP contribution in [0.4, 0.5) is 0 Å². The van der Waals surface area contributed by atoms with Crippen molar-refractivity contribution >= 4 is 41.9 Å². The van der Waals surface area contributed by atoms with Crippen molar-refractivity contribution < 1.29 is 13.5 Å². The maximum absolute atomic E-state index is 12.4. The van der Waals surface area contributed by atoms with Crippen LogP contribution in [0.2, 0.25) is 0 Å². The van der Waals surface area contributed by atoms with E-state index in [0.717, 1.165) is 17.3 Å². The lowest BCUT2D eigenvalue weighted by atomic mass is 9.79. The zero-order valence-corrected chi connectivity index (χ0v) is 15.8. The Kier molecular flexibility index (Phi) is 5.52. The van der Waals surface area contributed by atoms with E-state index < -0.39 is 15.6 Å². The molecule has 4 nitrogen and oxygen atoms in total. The molecule has 0 radical (unpaired) electrons. The lowest BCUT2D eigenvalue weighted by Crippen LogP contribution is -2.45. The zero-order chi connectivity index (χ0) is 15.7. The van der Waals surface area contributed by atoms with Crippen LogP contribution in [0.1, 0.15) is 32.6 Å². The highest BCUT2D eigenvalue weighted by Gasteiger charge is 2.34. The molecule has 0 aliphatic heterocycles. The van der Waals surface area contributed by atoms with E-state index in [2.05, 4.69) is 43.5 Å². The van der Waals surface area contributed by atoms with Gasteiger partial charge in [0.1, 0.15) is 0 Å². The maximum Gasteiger partial charge on any atom is 0.241 e. The van der Waals surface area contributed by atoms with E-state index in [-0.39, 0.29) is 11.4 Å². The molecule has 21 heavy (non-hydrogen) atoms. The summed E-state index contributed by atoms with van der Waals surface area (Å²) in [6.45, 7) is 2.14. The molecule has 2 atom stereocenters. The largest absolute Gasteiger partial charge is 0.389 e. The Balaban J connectivity index is 2.11. The number of halogens is 2. The minimum absolute atomic E-state index is 0.0577. The van der Waals surface area contributed by atoms with Gasteiger partial charge in [0, 0.05) is 15.5 Å². The predicted molar refractivity (Wildman–Crippen MR) is 89.6 cm³/mol. The summed E-state index contributed by atoms with van der Waals surface area (Å²) in [4.78, 5) is 0.179. The molecule has 0 bridgehead atoms. The summed E-state index contributed by atoms with van der Waals surface area (Å²) in [7, 11) is -3.64. The molecular formula is C14H19Br2NO3S. The molecule has 0 aromatic heterocycles. The van der Waals surface area contributed by atoms with Crippen LogP contribution >= 0.6 is 31.9 Å². The summed E-state index contributed by atoms with van der Waals surface area (Å²) in [6.07, 6.45) is 3.30. The van der Waals surface area contributed by atoms with Crippen molar-refractivity contribution in [2.24, 2.45) is 5.92 Å². The molecule has 1 fully saturated rings. The van der Waals surface area contributed by atoms with Crippen LogP contribution < -0.4 is 4.72 Å². The van der Waals surface area contributed by atoms with E-state index in [1.165, 1.54) is 6.07 Å². The molecule has 0 heterocycles. The summed E-state index contributed by atoms with van der Waals surface area (Å²) in [5.74, 6) is 0.424. The van der Waals surface area contributed by atoms with E-state index in [0.29, 0.717) is 23.2 Å². The third-order valence-electron chi connectivity index (χ3n) is 3.84. The normalized spacial score (nSPS) is 26.8. The Morgan fingerprint density at radius 3 is 2.76 bits per heavy atom. The molecule has 1 aromatic carbocycles. The molecule has 7 heteroatoms. The van der Waals surface area contributed by atoms with Crippen molar-refractivity contribution in [3.05, 3.63) is 27.1 Å². The number of benzene rings is 1. The van der Waals surface area contributed by atoms with E-state index in [1.54, 1.807) is 12.1 Å². The Morgan fingerprint density at radius 1 is 1.43 bits per heavy atom. The van der Waals surface area contributed by atoms with Crippen molar-refractivity contribution in [3.63, 3.8) is 0 Å². The highest BCUT2D eigenvalue weighted by molar-refractivity contribution is 9.11. The molecule has 1 saturated carbocycles. The van der Waals surface area contributed by atoms with Crippen molar-refractivity contribution in [3.8, 4) is 0 Å². The summed E-state index contributed by atoms with van der Waals surface area (Å²) in [5, 5.41) is 10.5. The Hall–Kier alpha value is 0.0500. The average molecular weight is 441 g/mol. The van der Waals surface area contributed by atoms with Gasteiger partial charge in [-0.1, -0.05) is 35.7 Å². The fraction of sp³-hybridized carbons (Fsp3) is 0.571. The van der Waals surface area contributed by atoms with E-state index in [4.69, 9.17) is 0 Å². The first-order chi connectivity index (χ1) is 9.72. The SMILES string of the molecule is CC1CCCC(O)(CNS(=O)(=O)c2ccc(Br)cc2Br)C1. The number of nitrogens with one attached hydrogen (secondary N) is 1. The van der Waals surface area contributed by atoms with Crippen molar-refractivity contribution in [1.82, 2.24) is 4.72 Å². The summed E-state index contributed by atoms with van der Waals surface area (Å²) < 4.78 is 28.6. The first-order valence-electron chi connectivity index (χ1n) is 6.89. The lowest BCUT2D eigenvalue weighted by Gasteiger charge is -2.35. The minimum atomic E-state index is -3.64. The quantitative estimate of drug-likeness (QED) is 0.753. The third kappa shape index (κ3) is 4.51. The van der Waals surface area contributed by atoms with Gasteiger partial charge in [0.25, 0.3) is 0 Å². The number of rotatable bonds is 4. The molecule has 118 valence electrons. The molecule has 0 saturated heterocycles. The molecular weight excluding hydrogens is 422 g/mol. The number of hydrogen-bond acceptors (Lipinski definition) is 3. The van der Waals surface area contributed by atoms with Gasteiger partial charge in [0.15, 0.2) is 0 Å². The second kappa shape index (κ2) is 6.66. The maximum atomic E-state index is 12.4. The molecule has 2 unspecified atom stereocenters. The number of hydrogen-bond donors (Lipinski definition) is 2. The van der Waals surface area contributed by atoms with Crippen LogP contribution in [0, 0.1) is 5.92 Å². The zero-order valence-electron chi connectivity index (χ0n) is 11.8. The van der Waals surface area contributed by atoms with Crippen molar-refractivity contribution in [1.29, 1.82) is 0 Å². The predicted octanol–water partition coefficient (Wildman–Crippen LogP) is 3.43. The van der Waals surface area contributed by atoms with Gasteiger partial charge in [-0.2, -0.15) is 0 Å². The molecule has 1 aliphatic rings. The number of sulfonamides is 1. The van der Waals surface area contributed by atoms with Crippen LogP contribution in [-0.2, 0) is 10.0 Å². The fourth-order valence-electron chi connectivity index (χ4n) is 2.79. The van der Waals surface area contributed by atoms with E-state index in [1.807, 2.05) is 0 Å². The summed E-state index contributed by atoms with van der Waals surface area (Å²) in [5.41, 5.74) is -0.938. The Morgan fingerprint density at radius 2 is 2.14 bits per heavy atom. The fourth-order valence-corrected chi connectivity index (χ4v) is 5.66. The standard InChI is InChI=1S/C14H19Br2NO3S/c1-10-3-2-6-14(18,8-10)9-17-21(19,20)13-5-4-11(15)7-12(13)16/h4-5,7,10,17-18H,2-3,6,8-9H2,1H3. The highest BCUT2D eigenvalue weighted by atomic mass is 79.9. The minimum Gasteiger partial charge on any atom is -0.389 e. The van der Waals surface area contributed by atoms with E-state index >= 15 is 0 Å². The summed E-state index contributed by atoms with van der Waals surface area (Å²) in [6, 6.07) is 4.90. The molecule has 2 rings (SSSR count). The molecule has 1 aromatic rings. The van der Waals surface area contributed by atoms with Crippen molar-refractivity contribution in [2.45, 2.75) is 43.1 Å². The monoisotopic (exact) mass is 439 g/mol. The second-order valence-electron chi connectivity index (χ2n) is 5.83. The number of aliphatic hydroxyl groups is 1. The van der Waals surface area contributed by atoms with Crippen LogP contribution in [0.15, 0.2) is 32.0 Å². The van der Waals surface area contributed by atoms with Crippen LogP contribution in [0.3, 0.4) is 0 Å². The van der Waals surface area contributed by atoms with Crippen LogP contribution in [0.25, 0.3) is 0 Å².